The first-order chi connectivity index (χ1) is 51.9. The first-order valence-corrected chi connectivity index (χ1v) is 37.8. The number of hydrogen-bond donors (Lipinski definition) is 1. The predicted octanol–water partition coefficient (Wildman–Crippen LogP) is 15.3. The van der Waals surface area contributed by atoms with Gasteiger partial charge in [-0.3, -0.25) is 28.8 Å². The zero-order valence-electron chi connectivity index (χ0n) is 64.3. The monoisotopic (exact) mass is 1490 g/mol. The Balaban J connectivity index is 0.000000182. The van der Waals surface area contributed by atoms with Gasteiger partial charge in [0.2, 0.25) is 5.75 Å². The van der Waals surface area contributed by atoms with Crippen molar-refractivity contribution in [1.29, 1.82) is 0 Å². The average Bonchev–Trinajstić information content (AvgIpc) is 0.744. The summed E-state index contributed by atoms with van der Waals surface area (Å²) in [5, 5.41) is 35.1. The minimum Gasteiger partial charge on any atom is -0.484 e. The molecule has 1 N–H and O–H groups in total. The van der Waals surface area contributed by atoms with Gasteiger partial charge in [-0.2, -0.15) is 10.2 Å². The number of aliphatic hydroxyl groups excluding tert-OH is 1. The van der Waals surface area contributed by atoms with E-state index in [2.05, 4.69) is 23.8 Å². The number of fused-ring (bicyclic) bond motifs is 8. The predicted molar refractivity (Wildman–Crippen MR) is 414 cm³/mol. The van der Waals surface area contributed by atoms with Gasteiger partial charge in [0, 0.05) is 78.8 Å². The molecule has 0 bridgehead atoms. The van der Waals surface area contributed by atoms with Crippen molar-refractivity contribution in [1.82, 2.24) is 48.5 Å². The van der Waals surface area contributed by atoms with E-state index in [0.717, 1.165) is 71.6 Å². The maximum absolute atomic E-state index is 17.1. The van der Waals surface area contributed by atoms with Crippen molar-refractivity contribution in [3.63, 3.8) is 0 Å². The topological polar surface area (TPSA) is 262 Å². The molecule has 5 aliphatic heterocycles. The van der Waals surface area contributed by atoms with E-state index >= 15 is 8.78 Å². The lowest BCUT2D eigenvalue weighted by Crippen LogP contribution is -2.62. The van der Waals surface area contributed by atoms with Crippen molar-refractivity contribution in [2.45, 2.75) is 195 Å². The number of benzene rings is 4. The molecule has 109 heavy (non-hydrogen) atoms. The molecule has 10 aromatic rings. The molecule has 0 spiro atoms. The standard InChI is InChI=1S/C41H48FN7O7.C41H47FN6O5/c1-23(2)27-12-8-9-13-31(27)47-38-28(18-30(42)35(44-38)34-24(3)15-16-32-29(34)19-43-48(32)33-14-10-11-17-55-33)36(37(39(47)51)49(53)54)46-20-25(4)45(21-26(46)22-50)40(52)56-41(5,6)7;1-23(2)27-12-8-9-13-31(27)47-38-28(36-37(39(47)49)52-22-26-21-45(25(4)20-46(26)36)40(50)53-41(5,6)7)18-30(42)35(44-38)34-24(3)15-16-32-29(34)19-43-48(32)33-14-10-11-17-51-33/h8-9,12-13,15-16,18-19,23,25-26,33,50H,10-11,14,17,20-22H2,1-7H3;8-9,12-13,15-16,18-19,23,25-26,33H,10-11,14,17,20-22H2,1-7H3/t2*25-,26-,33?/m11/s1. The van der Waals surface area contributed by atoms with Gasteiger partial charge in [-0.05, 0) is 178 Å². The molecule has 6 aromatic heterocycles. The van der Waals surface area contributed by atoms with Crippen LogP contribution in [0, 0.1) is 35.6 Å². The summed E-state index contributed by atoms with van der Waals surface area (Å²) in [4.78, 5) is 85.4. The summed E-state index contributed by atoms with van der Waals surface area (Å²) in [5.74, 6) is -1.17. The van der Waals surface area contributed by atoms with Gasteiger partial charge >= 0.3 is 29.0 Å². The minimum absolute atomic E-state index is 0.00146. The van der Waals surface area contributed by atoms with Crippen LogP contribution in [0.25, 0.3) is 77.8 Å². The van der Waals surface area contributed by atoms with E-state index in [4.69, 9.17) is 38.8 Å². The second kappa shape index (κ2) is 29.5. The Labute approximate surface area is 630 Å². The van der Waals surface area contributed by atoms with Crippen LogP contribution in [-0.4, -0.2) is 159 Å². The molecular formula is C82H95F2N13O12. The highest BCUT2D eigenvalue weighted by Gasteiger charge is 2.45. The second-order valence-corrected chi connectivity index (χ2v) is 32.0. The number of rotatable bonds is 11. The summed E-state index contributed by atoms with van der Waals surface area (Å²) in [5.41, 5.74) is 4.03. The van der Waals surface area contributed by atoms with Gasteiger partial charge in [-0.15, -0.1) is 0 Å². The van der Waals surface area contributed by atoms with Crippen molar-refractivity contribution in [3.05, 3.63) is 162 Å². The van der Waals surface area contributed by atoms with Crippen LogP contribution in [0.5, 0.6) is 5.75 Å². The number of anilines is 2. The molecule has 11 heterocycles. The number of aromatic nitrogens is 8. The maximum Gasteiger partial charge on any atom is 0.410 e. The number of nitro groups is 1. The molecule has 5 aliphatic rings. The third-order valence-corrected chi connectivity index (χ3v) is 21.3. The van der Waals surface area contributed by atoms with Gasteiger partial charge in [-0.25, -0.2) is 37.7 Å². The third-order valence-electron chi connectivity index (χ3n) is 21.3. The van der Waals surface area contributed by atoms with Gasteiger partial charge in [0.25, 0.3) is 0 Å². The molecule has 2 unspecified atom stereocenters. The zero-order chi connectivity index (χ0) is 77.6. The number of aliphatic hydroxyl groups is 1. The first-order valence-electron chi connectivity index (χ1n) is 37.8. The Morgan fingerprint density at radius 2 is 1.08 bits per heavy atom. The fraction of sp³-hybridized carbons (Fsp3) is 0.463. The summed E-state index contributed by atoms with van der Waals surface area (Å²) in [6.45, 7) is 27.8. The van der Waals surface area contributed by atoms with Crippen LogP contribution in [0.3, 0.4) is 0 Å². The van der Waals surface area contributed by atoms with Gasteiger partial charge in [-0.1, -0.05) is 76.2 Å². The van der Waals surface area contributed by atoms with Crippen molar-refractivity contribution < 1.29 is 52.1 Å². The minimum atomic E-state index is -0.966. The zero-order valence-corrected chi connectivity index (χ0v) is 64.3. The Bertz CT molecular complexity index is 5350. The number of hydrogen-bond acceptors (Lipinski definition) is 18. The summed E-state index contributed by atoms with van der Waals surface area (Å²) in [7, 11) is 0. The Hall–Kier alpha value is -10.4. The number of halogens is 2. The summed E-state index contributed by atoms with van der Waals surface area (Å²) < 4.78 is 70.3. The molecular weight excluding hydrogens is 1400 g/mol. The van der Waals surface area contributed by atoms with Crippen LogP contribution in [0.15, 0.2) is 107 Å². The number of piperazine rings is 2. The molecule has 4 fully saturated rings. The number of nitrogens with zero attached hydrogens (tertiary/aromatic N) is 13. The highest BCUT2D eigenvalue weighted by molar-refractivity contribution is 6.02. The van der Waals surface area contributed by atoms with E-state index in [1.165, 1.54) is 26.5 Å². The van der Waals surface area contributed by atoms with E-state index in [1.54, 1.807) is 66.4 Å². The molecule has 0 aliphatic carbocycles. The average molecular weight is 1490 g/mol. The number of ether oxygens (including phenoxy) is 5. The fourth-order valence-electron chi connectivity index (χ4n) is 16.2. The van der Waals surface area contributed by atoms with Gasteiger partial charge < -0.3 is 48.4 Å². The summed E-state index contributed by atoms with van der Waals surface area (Å²) in [6.07, 6.45) is 7.60. The Kier molecular flexibility index (Phi) is 20.4. The van der Waals surface area contributed by atoms with Gasteiger partial charge in [0.1, 0.15) is 46.5 Å². The highest BCUT2D eigenvalue weighted by atomic mass is 19.1. The Morgan fingerprint density at radius 3 is 1.53 bits per heavy atom. The third kappa shape index (κ3) is 14.0. The number of carbonyl (C=O) groups excluding carboxylic acids is 2. The van der Waals surface area contributed by atoms with E-state index in [0.29, 0.717) is 76.5 Å². The largest absolute Gasteiger partial charge is 0.484 e. The number of carbonyl (C=O) groups is 2. The smallest absolute Gasteiger partial charge is 0.410 e. The van der Waals surface area contributed by atoms with Crippen LogP contribution in [0.2, 0.25) is 0 Å². The maximum atomic E-state index is 17.1. The van der Waals surface area contributed by atoms with Crippen LogP contribution in [0.4, 0.5) is 35.4 Å². The van der Waals surface area contributed by atoms with Crippen molar-refractivity contribution in [2.75, 3.05) is 62.4 Å². The van der Waals surface area contributed by atoms with Crippen LogP contribution in [-0.2, 0) is 18.9 Å². The number of aryl methyl sites for hydroxylation is 2. The molecule has 0 saturated carbocycles. The molecule has 0 radical (unpaired) electrons. The normalized spacial score (nSPS) is 19.8. The summed E-state index contributed by atoms with van der Waals surface area (Å²) in [6, 6.07) is 23.2. The molecule has 2 amide bonds. The number of para-hydroxylation sites is 2. The van der Waals surface area contributed by atoms with Crippen LogP contribution in [0.1, 0.15) is 168 Å². The molecule has 27 heteroatoms. The molecule has 4 aromatic carbocycles. The molecule has 6 atom stereocenters. The quantitative estimate of drug-likeness (QED) is 0.0931. The van der Waals surface area contributed by atoms with Crippen LogP contribution >= 0.6 is 0 Å². The highest BCUT2D eigenvalue weighted by Crippen LogP contribution is 2.46. The number of amides is 2. The van der Waals surface area contributed by atoms with Crippen molar-refractivity contribution in [3.8, 4) is 39.6 Å². The van der Waals surface area contributed by atoms with E-state index in [-0.39, 0.29) is 95.5 Å². The lowest BCUT2D eigenvalue weighted by atomic mass is 9.98. The summed E-state index contributed by atoms with van der Waals surface area (Å²) >= 11 is 0. The van der Waals surface area contributed by atoms with E-state index in [1.807, 2.05) is 121 Å². The van der Waals surface area contributed by atoms with Crippen molar-refractivity contribution in [2.24, 2.45) is 0 Å². The van der Waals surface area contributed by atoms with Gasteiger partial charge in [0.15, 0.2) is 23.8 Å². The van der Waals surface area contributed by atoms with E-state index in [9.17, 15) is 34.4 Å². The lowest BCUT2D eigenvalue weighted by Gasteiger charge is -2.48. The number of pyridine rings is 4. The first kappa shape index (κ1) is 75.4. The second-order valence-electron chi connectivity index (χ2n) is 32.0. The molecule has 4 saturated heterocycles. The van der Waals surface area contributed by atoms with Crippen LogP contribution < -0.4 is 25.7 Å². The fourth-order valence-corrected chi connectivity index (χ4v) is 16.2. The van der Waals surface area contributed by atoms with Gasteiger partial charge in [0.05, 0.1) is 69.5 Å². The molecule has 574 valence electrons. The van der Waals surface area contributed by atoms with E-state index < -0.39 is 69.9 Å². The SMILES string of the molecule is Cc1ccc2c(cnn2C2CCCCO2)c1-c1nc2c(cc1F)c(N1C[C@@H](C)N(C(=O)OC(C)(C)C)C[C@@H]1CO)c([N+](=O)[O-])c(=O)n2-c1ccccc1C(C)C.Cc1ccc2c(cnn2C2CCCCO2)c1-c1nc2c(cc1F)c1c(c(=O)n2-c2ccccc2C(C)C)OC[C@H]2CN(C(=O)OC(C)(C)C)[C@H](C)CN12. The molecule has 15 rings (SSSR count). The molecule has 25 nitrogen and oxygen atoms in total. The Morgan fingerprint density at radius 1 is 0.624 bits per heavy atom. The van der Waals surface area contributed by atoms with Crippen molar-refractivity contribution >= 4 is 73.1 Å². The lowest BCUT2D eigenvalue weighted by molar-refractivity contribution is -0.385.